The van der Waals surface area contributed by atoms with Crippen LogP contribution < -0.4 is 4.90 Å². The minimum atomic E-state index is -0.346. The van der Waals surface area contributed by atoms with E-state index in [1.54, 1.807) is 11.8 Å². The van der Waals surface area contributed by atoms with Crippen LogP contribution in [0, 0.1) is 5.92 Å². The lowest BCUT2D eigenvalue weighted by Crippen LogP contribution is -2.40. The average Bonchev–Trinajstić information content (AvgIpc) is 2.86. The summed E-state index contributed by atoms with van der Waals surface area (Å²) in [5.74, 6) is 0.353. The van der Waals surface area contributed by atoms with Gasteiger partial charge in [-0.1, -0.05) is 54.2 Å². The van der Waals surface area contributed by atoms with Crippen LogP contribution in [-0.2, 0) is 0 Å². The van der Waals surface area contributed by atoms with Crippen molar-refractivity contribution in [3.8, 4) is 0 Å². The Labute approximate surface area is 199 Å². The molecule has 0 saturated carbocycles. The fourth-order valence-corrected chi connectivity index (χ4v) is 6.49. The Kier molecular flexibility index (Phi) is 6.79. The van der Waals surface area contributed by atoms with E-state index in [-0.39, 0.29) is 6.10 Å². The number of para-hydroxylation sites is 1. The Morgan fingerprint density at radius 2 is 1.62 bits per heavy atom. The number of aliphatic hydroxyl groups is 1. The van der Waals surface area contributed by atoms with Crippen molar-refractivity contribution in [3.05, 3.63) is 78.4 Å². The quantitative estimate of drug-likeness (QED) is 0.424. The highest BCUT2D eigenvalue weighted by Crippen LogP contribution is 2.48. The molecule has 0 radical (unpaired) electrons. The number of thioether (sulfide) groups is 1. The number of rotatable bonds is 6. The van der Waals surface area contributed by atoms with Crippen molar-refractivity contribution in [2.45, 2.75) is 33.6 Å². The summed E-state index contributed by atoms with van der Waals surface area (Å²) in [5.41, 5.74) is 3.69. The van der Waals surface area contributed by atoms with E-state index in [2.05, 4.69) is 58.5 Å². The minimum absolute atomic E-state index is 0.346. The molecule has 5 rings (SSSR count). The van der Waals surface area contributed by atoms with E-state index < -0.39 is 0 Å². The van der Waals surface area contributed by atoms with Crippen LogP contribution in [0.5, 0.6) is 0 Å². The lowest BCUT2D eigenvalue weighted by molar-refractivity contribution is 0.0598. The lowest BCUT2D eigenvalue weighted by Gasteiger charge is -2.37. The number of likely N-dealkylation sites (tertiary alicyclic amines) is 1. The molecule has 0 spiro atoms. The summed E-state index contributed by atoms with van der Waals surface area (Å²) in [6.07, 6.45) is 3.90. The van der Waals surface area contributed by atoms with Gasteiger partial charge in [0, 0.05) is 27.8 Å². The third-order valence-corrected chi connectivity index (χ3v) is 8.53. The maximum atomic E-state index is 10.8. The molecule has 1 fully saturated rings. The Hall–Kier alpha value is -1.92. The Bertz CT molecular complexity index is 1050. The van der Waals surface area contributed by atoms with Crippen molar-refractivity contribution in [2.24, 2.45) is 5.92 Å². The highest BCUT2D eigenvalue weighted by atomic mass is 32.2. The first-order valence-electron chi connectivity index (χ1n) is 11.4. The molecule has 1 N–H and O–H groups in total. The first-order valence-corrected chi connectivity index (χ1v) is 13.4. The summed E-state index contributed by atoms with van der Waals surface area (Å²) >= 11 is 3.68. The summed E-state index contributed by atoms with van der Waals surface area (Å²) in [4.78, 5) is 9.06. The summed E-state index contributed by atoms with van der Waals surface area (Å²) in [5, 5.41) is 10.8. The smallest absolute Gasteiger partial charge is 0.0819 e. The van der Waals surface area contributed by atoms with Gasteiger partial charge in [0.2, 0.25) is 0 Å². The van der Waals surface area contributed by atoms with Gasteiger partial charge in [-0.25, -0.2) is 0 Å². The van der Waals surface area contributed by atoms with Crippen LogP contribution in [0.15, 0.2) is 87.5 Å². The molecule has 32 heavy (non-hydrogen) atoms. The maximum Gasteiger partial charge on any atom is 0.0819 e. The third kappa shape index (κ3) is 4.58. The van der Waals surface area contributed by atoms with Crippen molar-refractivity contribution in [2.75, 3.05) is 37.3 Å². The van der Waals surface area contributed by atoms with Gasteiger partial charge in [-0.3, -0.25) is 0 Å². The third-order valence-electron chi connectivity index (χ3n) is 6.69. The van der Waals surface area contributed by atoms with Crippen LogP contribution in [-0.4, -0.2) is 42.4 Å². The van der Waals surface area contributed by atoms with Crippen LogP contribution in [0.1, 0.15) is 24.5 Å². The van der Waals surface area contributed by atoms with E-state index in [0.29, 0.717) is 5.92 Å². The van der Waals surface area contributed by atoms with E-state index in [4.69, 9.17) is 0 Å². The summed E-state index contributed by atoms with van der Waals surface area (Å²) in [6, 6.07) is 25.7. The largest absolute Gasteiger partial charge is 0.388 e. The molecule has 2 aliphatic heterocycles. The number of hydrogen-bond acceptors (Lipinski definition) is 5. The zero-order valence-electron chi connectivity index (χ0n) is 18.5. The van der Waals surface area contributed by atoms with Gasteiger partial charge in [0.1, 0.15) is 0 Å². The van der Waals surface area contributed by atoms with Crippen molar-refractivity contribution in [3.63, 3.8) is 0 Å². The Balaban J connectivity index is 1.25. The number of anilines is 2. The fourth-order valence-electron chi connectivity index (χ4n) is 4.84. The van der Waals surface area contributed by atoms with E-state index in [1.807, 2.05) is 42.1 Å². The zero-order valence-corrected chi connectivity index (χ0v) is 20.1. The van der Waals surface area contributed by atoms with Gasteiger partial charge in [0.05, 0.1) is 17.5 Å². The van der Waals surface area contributed by atoms with Gasteiger partial charge in [0.25, 0.3) is 0 Å². The maximum absolute atomic E-state index is 10.8. The normalized spacial score (nSPS) is 17.6. The number of benzene rings is 3. The predicted octanol–water partition coefficient (Wildman–Crippen LogP) is 6.46. The van der Waals surface area contributed by atoms with Gasteiger partial charge in [-0.2, -0.15) is 0 Å². The van der Waals surface area contributed by atoms with E-state index in [1.165, 1.54) is 26.1 Å². The van der Waals surface area contributed by atoms with Crippen LogP contribution in [0.2, 0.25) is 0 Å². The van der Waals surface area contributed by atoms with E-state index in [9.17, 15) is 5.11 Å². The minimum Gasteiger partial charge on any atom is -0.388 e. The first kappa shape index (κ1) is 21.9. The van der Waals surface area contributed by atoms with E-state index in [0.717, 1.165) is 44.6 Å². The molecule has 0 aliphatic carbocycles. The van der Waals surface area contributed by atoms with Crippen molar-refractivity contribution >= 4 is 34.9 Å². The first-order chi connectivity index (χ1) is 15.7. The second kappa shape index (κ2) is 9.92. The molecular weight excluding hydrogens is 432 g/mol. The molecule has 3 nitrogen and oxygen atoms in total. The SMILES string of the molecule is CSc1ccc2c(c1)Sc1ccccc1N2CCN1CCC(C(O)c2ccccc2)CC1. The fraction of sp³-hybridized carbons (Fsp3) is 0.333. The van der Waals surface area contributed by atoms with Crippen LogP contribution in [0.25, 0.3) is 0 Å². The van der Waals surface area contributed by atoms with Crippen molar-refractivity contribution in [1.29, 1.82) is 0 Å². The van der Waals surface area contributed by atoms with Crippen LogP contribution >= 0.6 is 23.5 Å². The van der Waals surface area contributed by atoms with Crippen LogP contribution in [0.4, 0.5) is 11.4 Å². The number of hydrogen-bond donors (Lipinski definition) is 1. The second-order valence-electron chi connectivity index (χ2n) is 8.59. The van der Waals surface area contributed by atoms with Crippen molar-refractivity contribution in [1.82, 2.24) is 4.90 Å². The monoisotopic (exact) mass is 462 g/mol. The molecule has 0 aromatic heterocycles. The summed E-state index contributed by atoms with van der Waals surface area (Å²) in [7, 11) is 0. The highest BCUT2D eigenvalue weighted by molar-refractivity contribution is 8.00. The molecule has 5 heteroatoms. The average molecular weight is 463 g/mol. The highest BCUT2D eigenvalue weighted by Gasteiger charge is 2.28. The van der Waals surface area contributed by atoms with E-state index >= 15 is 0 Å². The molecule has 1 unspecified atom stereocenters. The number of piperidine rings is 1. The molecule has 0 amide bonds. The van der Waals surface area contributed by atoms with Gasteiger partial charge >= 0.3 is 0 Å². The lowest BCUT2D eigenvalue weighted by atomic mass is 9.87. The van der Waals surface area contributed by atoms with Gasteiger partial charge in [-0.05, 0) is 74.0 Å². The molecule has 3 aromatic rings. The molecule has 1 atom stereocenters. The molecule has 3 aromatic carbocycles. The number of aliphatic hydroxyl groups excluding tert-OH is 1. The molecule has 0 bridgehead atoms. The topological polar surface area (TPSA) is 26.7 Å². The van der Waals surface area contributed by atoms with Crippen molar-refractivity contribution < 1.29 is 5.11 Å². The Morgan fingerprint density at radius 1 is 0.906 bits per heavy atom. The second-order valence-corrected chi connectivity index (χ2v) is 10.6. The van der Waals surface area contributed by atoms with Gasteiger partial charge in [-0.15, -0.1) is 11.8 Å². The van der Waals surface area contributed by atoms with Gasteiger partial charge in [0.15, 0.2) is 0 Å². The standard InChI is InChI=1S/C27H30N2OS2/c1-31-22-11-12-24-26(19-22)32-25-10-6-5-9-23(25)29(24)18-17-28-15-13-21(14-16-28)27(30)20-7-3-2-4-8-20/h2-12,19,21,27,30H,13-18H2,1H3. The number of nitrogens with zero attached hydrogens (tertiary/aromatic N) is 2. The zero-order chi connectivity index (χ0) is 21.9. The molecule has 2 aliphatic rings. The molecule has 166 valence electrons. The number of fused-ring (bicyclic) bond motifs is 2. The predicted molar refractivity (Wildman–Crippen MR) is 136 cm³/mol. The molecule has 1 saturated heterocycles. The molecule has 2 heterocycles. The summed E-state index contributed by atoms with van der Waals surface area (Å²) < 4.78 is 0. The van der Waals surface area contributed by atoms with Gasteiger partial charge < -0.3 is 14.9 Å². The summed E-state index contributed by atoms with van der Waals surface area (Å²) in [6.45, 7) is 4.13. The van der Waals surface area contributed by atoms with Crippen LogP contribution in [0.3, 0.4) is 0 Å². The molecular formula is C27H30N2OS2. The Morgan fingerprint density at radius 3 is 2.41 bits per heavy atom.